The highest BCUT2D eigenvalue weighted by atomic mass is 79.9. The minimum Gasteiger partial charge on any atom is -0.486 e. The summed E-state index contributed by atoms with van der Waals surface area (Å²) in [6, 6.07) is 6.05. The van der Waals surface area contributed by atoms with E-state index in [4.69, 9.17) is 4.74 Å². The molecule has 0 radical (unpaired) electrons. The average molecular weight is 352 g/mol. The van der Waals surface area contributed by atoms with E-state index in [0.717, 1.165) is 22.6 Å². The first-order chi connectivity index (χ1) is 9.85. The largest absolute Gasteiger partial charge is 0.486 e. The number of hydrogen-bond acceptors (Lipinski definition) is 3. The molecule has 1 heterocycles. The molecule has 0 aliphatic heterocycles. The minimum atomic E-state index is 0.0866. The first kappa shape index (κ1) is 16.0. The second-order valence-electron chi connectivity index (χ2n) is 6.10. The lowest BCUT2D eigenvalue weighted by atomic mass is 10.1. The van der Waals surface area contributed by atoms with Crippen molar-refractivity contribution in [3.8, 4) is 5.75 Å². The summed E-state index contributed by atoms with van der Waals surface area (Å²) in [6.07, 6.45) is 3.69. The Bertz CT molecular complexity index is 602. The smallest absolute Gasteiger partial charge is 0.146 e. The van der Waals surface area contributed by atoms with Gasteiger partial charge in [-0.25, -0.2) is 4.98 Å². The molecule has 0 unspecified atom stereocenters. The molecule has 21 heavy (non-hydrogen) atoms. The molecule has 114 valence electrons. The normalized spacial score (nSPS) is 11.7. The third-order valence-electron chi connectivity index (χ3n) is 3.12. The fourth-order valence-electron chi connectivity index (χ4n) is 1.82. The Morgan fingerprint density at radius 3 is 2.71 bits per heavy atom. The maximum Gasteiger partial charge on any atom is 0.146 e. The lowest BCUT2D eigenvalue weighted by Gasteiger charge is -2.21. The summed E-state index contributed by atoms with van der Waals surface area (Å²) in [5.41, 5.74) is 1.27. The molecule has 0 spiro atoms. The molecule has 0 bridgehead atoms. The van der Waals surface area contributed by atoms with Gasteiger partial charge in [-0.3, -0.25) is 0 Å². The van der Waals surface area contributed by atoms with Gasteiger partial charge in [0.2, 0.25) is 0 Å². The van der Waals surface area contributed by atoms with E-state index in [-0.39, 0.29) is 5.54 Å². The third kappa shape index (κ3) is 4.86. The average Bonchev–Trinajstić information content (AvgIpc) is 2.81. The van der Waals surface area contributed by atoms with Gasteiger partial charge in [0.1, 0.15) is 18.2 Å². The lowest BCUT2D eigenvalue weighted by Crippen LogP contribution is -2.35. The molecule has 1 aromatic carbocycles. The summed E-state index contributed by atoms with van der Waals surface area (Å²) in [4.78, 5) is 4.26. The van der Waals surface area contributed by atoms with Gasteiger partial charge in [-0.1, -0.05) is 15.9 Å². The molecule has 2 aromatic rings. The highest BCUT2D eigenvalue weighted by Gasteiger charge is 2.11. The van der Waals surface area contributed by atoms with Crippen LogP contribution in [0.25, 0.3) is 0 Å². The number of ether oxygens (including phenoxy) is 1. The monoisotopic (exact) mass is 351 g/mol. The summed E-state index contributed by atoms with van der Waals surface area (Å²) in [6.45, 7) is 7.73. The van der Waals surface area contributed by atoms with E-state index in [1.165, 1.54) is 5.56 Å². The zero-order chi connectivity index (χ0) is 15.5. The molecule has 0 aliphatic carbocycles. The first-order valence-electron chi connectivity index (χ1n) is 6.97. The van der Waals surface area contributed by atoms with Crippen molar-refractivity contribution in [2.75, 3.05) is 0 Å². The lowest BCUT2D eigenvalue weighted by molar-refractivity contribution is 0.291. The van der Waals surface area contributed by atoms with Crippen LogP contribution >= 0.6 is 15.9 Å². The van der Waals surface area contributed by atoms with Crippen LogP contribution in [0.4, 0.5) is 0 Å². The third-order valence-corrected chi connectivity index (χ3v) is 3.89. The van der Waals surface area contributed by atoms with Crippen LogP contribution in [0.15, 0.2) is 35.1 Å². The molecule has 1 aromatic heterocycles. The maximum atomic E-state index is 5.83. The van der Waals surface area contributed by atoms with Crippen LogP contribution in [0.5, 0.6) is 5.75 Å². The molecule has 0 atom stereocenters. The van der Waals surface area contributed by atoms with Crippen molar-refractivity contribution in [3.63, 3.8) is 0 Å². The topological polar surface area (TPSA) is 39.1 Å². The van der Waals surface area contributed by atoms with E-state index in [9.17, 15) is 0 Å². The van der Waals surface area contributed by atoms with E-state index in [2.05, 4.69) is 53.1 Å². The Balaban J connectivity index is 2.02. The minimum absolute atomic E-state index is 0.0866. The number of nitrogens with zero attached hydrogens (tertiary/aromatic N) is 2. The quantitative estimate of drug-likeness (QED) is 0.893. The van der Waals surface area contributed by atoms with E-state index in [1.807, 2.05) is 29.9 Å². The highest BCUT2D eigenvalue weighted by Crippen LogP contribution is 2.23. The van der Waals surface area contributed by atoms with Gasteiger partial charge in [0.05, 0.1) is 0 Å². The molecule has 0 saturated heterocycles. The summed E-state index contributed by atoms with van der Waals surface area (Å²) in [5.74, 6) is 1.76. The van der Waals surface area contributed by atoms with Crippen LogP contribution in [0.2, 0.25) is 0 Å². The standard InChI is InChI=1S/C16H22BrN3O/c1-16(2,3)19-10-12-9-13(5-6-14(12)17)21-11-15-18-7-8-20(15)4/h5-9,19H,10-11H2,1-4H3. The van der Waals surface area contributed by atoms with Crippen molar-refractivity contribution in [2.24, 2.45) is 7.05 Å². The first-order valence-corrected chi connectivity index (χ1v) is 7.77. The van der Waals surface area contributed by atoms with Gasteiger partial charge >= 0.3 is 0 Å². The summed E-state index contributed by atoms with van der Waals surface area (Å²) in [5, 5.41) is 3.48. The maximum absolute atomic E-state index is 5.83. The van der Waals surface area contributed by atoms with Crippen LogP contribution in [-0.4, -0.2) is 15.1 Å². The van der Waals surface area contributed by atoms with Gasteiger partial charge < -0.3 is 14.6 Å². The van der Waals surface area contributed by atoms with Crippen molar-refractivity contribution in [1.82, 2.24) is 14.9 Å². The number of nitrogens with one attached hydrogen (secondary N) is 1. The zero-order valence-corrected chi connectivity index (χ0v) is 14.6. The van der Waals surface area contributed by atoms with E-state index >= 15 is 0 Å². The molecular weight excluding hydrogens is 330 g/mol. The van der Waals surface area contributed by atoms with Crippen LogP contribution < -0.4 is 10.1 Å². The number of aryl methyl sites for hydroxylation is 1. The predicted octanol–water partition coefficient (Wildman–Crippen LogP) is 3.65. The van der Waals surface area contributed by atoms with Gasteiger partial charge in [-0.05, 0) is 44.5 Å². The van der Waals surface area contributed by atoms with Gasteiger partial charge in [0, 0.05) is 36.0 Å². The molecular formula is C16H22BrN3O. The van der Waals surface area contributed by atoms with Crippen molar-refractivity contribution < 1.29 is 4.74 Å². The Morgan fingerprint density at radius 1 is 1.33 bits per heavy atom. The van der Waals surface area contributed by atoms with Gasteiger partial charge in [0.25, 0.3) is 0 Å². The molecule has 4 nitrogen and oxygen atoms in total. The Labute approximate surface area is 134 Å². The van der Waals surface area contributed by atoms with Gasteiger partial charge in [-0.15, -0.1) is 0 Å². The van der Waals surface area contributed by atoms with Crippen molar-refractivity contribution >= 4 is 15.9 Å². The molecule has 0 fully saturated rings. The van der Waals surface area contributed by atoms with Crippen molar-refractivity contribution in [2.45, 2.75) is 39.5 Å². The summed E-state index contributed by atoms with van der Waals surface area (Å²) in [7, 11) is 1.96. The predicted molar refractivity (Wildman–Crippen MR) is 88.3 cm³/mol. The van der Waals surface area contributed by atoms with E-state index in [1.54, 1.807) is 6.20 Å². The summed E-state index contributed by atoms with van der Waals surface area (Å²) >= 11 is 3.59. The number of imidazole rings is 1. The van der Waals surface area contributed by atoms with E-state index in [0.29, 0.717) is 6.61 Å². The molecule has 1 N–H and O–H groups in total. The number of rotatable bonds is 5. The fraction of sp³-hybridized carbons (Fsp3) is 0.438. The number of halogens is 1. The molecule has 0 aliphatic rings. The van der Waals surface area contributed by atoms with Crippen LogP contribution in [0.1, 0.15) is 32.2 Å². The SMILES string of the molecule is Cn1ccnc1COc1ccc(Br)c(CNC(C)(C)C)c1. The second kappa shape index (κ2) is 6.62. The number of hydrogen-bond donors (Lipinski definition) is 1. The van der Waals surface area contributed by atoms with Crippen molar-refractivity contribution in [1.29, 1.82) is 0 Å². The van der Waals surface area contributed by atoms with Crippen LogP contribution in [0, 0.1) is 0 Å². The number of benzene rings is 1. The van der Waals surface area contributed by atoms with Gasteiger partial charge in [0.15, 0.2) is 0 Å². The van der Waals surface area contributed by atoms with Crippen molar-refractivity contribution in [3.05, 3.63) is 46.5 Å². The zero-order valence-electron chi connectivity index (χ0n) is 13.0. The van der Waals surface area contributed by atoms with Crippen LogP contribution in [-0.2, 0) is 20.2 Å². The van der Waals surface area contributed by atoms with Gasteiger partial charge in [-0.2, -0.15) is 0 Å². The molecule has 5 heteroatoms. The Morgan fingerprint density at radius 2 is 2.10 bits per heavy atom. The number of aromatic nitrogens is 2. The summed E-state index contributed by atoms with van der Waals surface area (Å²) < 4.78 is 8.87. The second-order valence-corrected chi connectivity index (χ2v) is 6.95. The van der Waals surface area contributed by atoms with Crippen LogP contribution in [0.3, 0.4) is 0 Å². The highest BCUT2D eigenvalue weighted by molar-refractivity contribution is 9.10. The Kier molecular flexibility index (Phi) is 5.06. The molecule has 0 amide bonds. The Hall–Kier alpha value is -1.33. The molecule has 2 rings (SSSR count). The molecule has 0 saturated carbocycles. The van der Waals surface area contributed by atoms with E-state index < -0.39 is 0 Å². The fourth-order valence-corrected chi connectivity index (χ4v) is 2.21.